The van der Waals surface area contributed by atoms with E-state index in [1.807, 2.05) is 10.9 Å². The minimum atomic E-state index is 0.0243. The van der Waals surface area contributed by atoms with Crippen LogP contribution in [-0.2, 0) is 16.8 Å². The molecule has 1 aromatic carbocycles. The molecule has 2 heterocycles. The van der Waals surface area contributed by atoms with Gasteiger partial charge in [0.2, 0.25) is 0 Å². The molecule has 1 unspecified atom stereocenters. The van der Waals surface area contributed by atoms with Crippen molar-refractivity contribution in [1.82, 2.24) is 20.0 Å². The Morgan fingerprint density at radius 2 is 1.85 bits per heavy atom. The Hall–Kier alpha value is -1.69. The number of rotatable bonds is 6. The molecule has 26 heavy (non-hydrogen) atoms. The van der Waals surface area contributed by atoms with Gasteiger partial charge >= 0.3 is 0 Å². The lowest BCUT2D eigenvalue weighted by Crippen LogP contribution is -2.42. The molecule has 2 aromatic rings. The van der Waals surface area contributed by atoms with E-state index in [0.29, 0.717) is 6.04 Å². The van der Waals surface area contributed by atoms with Crippen LogP contribution >= 0.6 is 0 Å². The van der Waals surface area contributed by atoms with Crippen LogP contribution in [-0.4, -0.2) is 47.5 Å². The van der Waals surface area contributed by atoms with E-state index in [1.54, 1.807) is 0 Å². The highest BCUT2D eigenvalue weighted by Gasteiger charge is 2.22. The molecule has 1 aliphatic rings. The summed E-state index contributed by atoms with van der Waals surface area (Å²) in [6.45, 7) is 14.0. The summed E-state index contributed by atoms with van der Waals surface area (Å²) in [6.07, 6.45) is 4.11. The third kappa shape index (κ3) is 4.93. The first-order chi connectivity index (χ1) is 12.4. The van der Waals surface area contributed by atoms with Crippen molar-refractivity contribution >= 4 is 0 Å². The van der Waals surface area contributed by atoms with Crippen molar-refractivity contribution in [3.63, 3.8) is 0 Å². The van der Waals surface area contributed by atoms with Crippen LogP contribution in [0.2, 0.25) is 0 Å². The van der Waals surface area contributed by atoms with E-state index in [-0.39, 0.29) is 5.54 Å². The third-order valence-corrected chi connectivity index (χ3v) is 4.94. The predicted molar refractivity (Wildman–Crippen MR) is 105 cm³/mol. The molecule has 5 nitrogen and oxygen atoms in total. The number of morpholine rings is 1. The molecule has 5 heteroatoms. The van der Waals surface area contributed by atoms with Gasteiger partial charge in [-0.25, -0.2) is 0 Å². The molecule has 3 rings (SSSR count). The lowest BCUT2D eigenvalue weighted by molar-refractivity contribution is 0.0161. The Morgan fingerprint density at radius 1 is 1.15 bits per heavy atom. The maximum Gasteiger partial charge on any atom is 0.0594 e. The molecule has 1 N–H and O–H groups in total. The first-order valence-corrected chi connectivity index (χ1v) is 9.56. The summed E-state index contributed by atoms with van der Waals surface area (Å²) < 4.78 is 7.57. The summed E-state index contributed by atoms with van der Waals surface area (Å²) in [5.41, 5.74) is 3.92. The minimum Gasteiger partial charge on any atom is -0.379 e. The molecule has 1 aliphatic heterocycles. The highest BCUT2D eigenvalue weighted by Crippen LogP contribution is 2.22. The summed E-state index contributed by atoms with van der Waals surface area (Å²) in [5.74, 6) is 0. The fraction of sp³-hybridized carbons (Fsp3) is 0.571. The van der Waals surface area contributed by atoms with Gasteiger partial charge < -0.3 is 10.1 Å². The highest BCUT2D eigenvalue weighted by molar-refractivity contribution is 5.24. The molecule has 0 bridgehead atoms. The maximum atomic E-state index is 5.54. The van der Waals surface area contributed by atoms with Crippen LogP contribution < -0.4 is 5.32 Å². The van der Waals surface area contributed by atoms with E-state index >= 15 is 0 Å². The number of nitrogens with one attached hydrogen (secondary N) is 1. The zero-order valence-corrected chi connectivity index (χ0v) is 16.5. The molecule has 142 valence electrons. The van der Waals surface area contributed by atoms with Gasteiger partial charge in [-0.05, 0) is 33.3 Å². The van der Waals surface area contributed by atoms with Crippen LogP contribution in [0, 0.1) is 6.92 Å². The van der Waals surface area contributed by atoms with E-state index < -0.39 is 0 Å². The largest absolute Gasteiger partial charge is 0.379 e. The quantitative estimate of drug-likeness (QED) is 0.864. The van der Waals surface area contributed by atoms with Gasteiger partial charge in [0.1, 0.15) is 0 Å². The Kier molecular flexibility index (Phi) is 6.12. The molecule has 0 aliphatic carbocycles. The minimum absolute atomic E-state index is 0.0243. The molecule has 0 radical (unpaired) electrons. The van der Waals surface area contributed by atoms with Crippen molar-refractivity contribution in [3.05, 3.63) is 53.3 Å². The van der Waals surface area contributed by atoms with Crippen LogP contribution in [0.15, 0.2) is 36.7 Å². The van der Waals surface area contributed by atoms with Crippen molar-refractivity contribution in [2.75, 3.05) is 32.8 Å². The lowest BCUT2D eigenvalue weighted by atomic mass is 10.0. The first kappa shape index (κ1) is 19.1. The van der Waals surface area contributed by atoms with Crippen LogP contribution in [0.1, 0.15) is 43.5 Å². The molecule has 1 atom stereocenters. The molecule has 0 saturated carbocycles. The lowest BCUT2D eigenvalue weighted by Gasteiger charge is -2.35. The van der Waals surface area contributed by atoms with Gasteiger partial charge in [0.25, 0.3) is 0 Å². The van der Waals surface area contributed by atoms with Gasteiger partial charge in [-0.15, -0.1) is 0 Å². The number of aryl methyl sites for hydroxylation is 1. The average molecular weight is 357 g/mol. The normalized spacial score (nSPS) is 17.4. The first-order valence-electron chi connectivity index (χ1n) is 9.56. The number of aromatic nitrogens is 2. The smallest absolute Gasteiger partial charge is 0.0594 e. The Morgan fingerprint density at radius 3 is 2.46 bits per heavy atom. The molecular formula is C21H32N4O. The summed E-state index contributed by atoms with van der Waals surface area (Å²) in [6, 6.07) is 9.30. The number of ether oxygens (including phenoxy) is 1. The van der Waals surface area contributed by atoms with Crippen LogP contribution in [0.25, 0.3) is 0 Å². The second-order valence-corrected chi connectivity index (χ2v) is 8.17. The van der Waals surface area contributed by atoms with Gasteiger partial charge in [-0.1, -0.05) is 29.8 Å². The van der Waals surface area contributed by atoms with Gasteiger partial charge in [0.15, 0.2) is 0 Å². The average Bonchev–Trinajstić information content (AvgIpc) is 3.10. The van der Waals surface area contributed by atoms with Gasteiger partial charge in [0.05, 0.1) is 24.9 Å². The standard InChI is InChI=1S/C21H32N4O/c1-17-5-7-19(8-6-17)20(24-9-11-26-12-10-24)15-22-13-18-14-23-25(16-18)21(2,3)4/h5-8,14,16,20,22H,9-13,15H2,1-4H3. The fourth-order valence-corrected chi connectivity index (χ4v) is 3.31. The van der Waals surface area contributed by atoms with E-state index in [1.165, 1.54) is 16.7 Å². The number of nitrogens with zero attached hydrogens (tertiary/aromatic N) is 3. The zero-order valence-electron chi connectivity index (χ0n) is 16.5. The van der Waals surface area contributed by atoms with Crippen molar-refractivity contribution < 1.29 is 4.74 Å². The fourth-order valence-electron chi connectivity index (χ4n) is 3.31. The molecule has 0 amide bonds. The van der Waals surface area contributed by atoms with Crippen molar-refractivity contribution in [2.24, 2.45) is 0 Å². The van der Waals surface area contributed by atoms with Crippen LogP contribution in [0.3, 0.4) is 0 Å². The molecule has 1 fully saturated rings. The summed E-state index contributed by atoms with van der Waals surface area (Å²) >= 11 is 0. The topological polar surface area (TPSA) is 42.3 Å². The van der Waals surface area contributed by atoms with Crippen LogP contribution in [0.5, 0.6) is 0 Å². The zero-order chi connectivity index (χ0) is 18.6. The second kappa shape index (κ2) is 8.33. The Labute approximate surface area is 157 Å². The number of hydrogen-bond donors (Lipinski definition) is 1. The molecule has 1 aromatic heterocycles. The van der Waals surface area contributed by atoms with E-state index in [2.05, 4.69) is 73.5 Å². The van der Waals surface area contributed by atoms with Crippen molar-refractivity contribution in [1.29, 1.82) is 0 Å². The van der Waals surface area contributed by atoms with Crippen molar-refractivity contribution in [2.45, 2.75) is 45.8 Å². The predicted octanol–water partition coefficient (Wildman–Crippen LogP) is 3.11. The second-order valence-electron chi connectivity index (χ2n) is 8.17. The van der Waals surface area contributed by atoms with Crippen LogP contribution in [0.4, 0.5) is 0 Å². The highest BCUT2D eigenvalue weighted by atomic mass is 16.5. The number of benzene rings is 1. The Bertz CT molecular complexity index is 681. The van der Waals surface area contributed by atoms with Crippen molar-refractivity contribution in [3.8, 4) is 0 Å². The molecule has 1 saturated heterocycles. The van der Waals surface area contributed by atoms with Gasteiger partial charge in [-0.3, -0.25) is 9.58 Å². The Balaban J connectivity index is 1.64. The molecule has 0 spiro atoms. The molecular weight excluding hydrogens is 324 g/mol. The summed E-state index contributed by atoms with van der Waals surface area (Å²) in [4.78, 5) is 2.53. The number of hydrogen-bond acceptors (Lipinski definition) is 4. The van der Waals surface area contributed by atoms with E-state index in [9.17, 15) is 0 Å². The van der Waals surface area contributed by atoms with E-state index in [0.717, 1.165) is 39.4 Å². The van der Waals surface area contributed by atoms with Gasteiger partial charge in [0, 0.05) is 44.0 Å². The maximum absolute atomic E-state index is 5.54. The summed E-state index contributed by atoms with van der Waals surface area (Å²) in [7, 11) is 0. The SMILES string of the molecule is Cc1ccc(C(CNCc2cnn(C(C)(C)C)c2)N2CCOCC2)cc1. The monoisotopic (exact) mass is 356 g/mol. The van der Waals surface area contributed by atoms with Gasteiger partial charge in [-0.2, -0.15) is 5.10 Å². The van der Waals surface area contributed by atoms with E-state index in [4.69, 9.17) is 4.74 Å². The third-order valence-electron chi connectivity index (χ3n) is 4.94. The summed E-state index contributed by atoms with van der Waals surface area (Å²) in [5, 5.41) is 8.13.